The third kappa shape index (κ3) is 3.39. The maximum absolute atomic E-state index is 13.2. The fourth-order valence-corrected chi connectivity index (χ4v) is 1.69. The van der Waals surface area contributed by atoms with Gasteiger partial charge in [-0.1, -0.05) is 22.8 Å². The van der Waals surface area contributed by atoms with E-state index in [0.29, 0.717) is 16.9 Å². The third-order valence-corrected chi connectivity index (χ3v) is 2.95. The highest BCUT2D eigenvalue weighted by Gasteiger charge is 2.03. The van der Waals surface area contributed by atoms with Crippen molar-refractivity contribution in [3.63, 3.8) is 0 Å². The topological polar surface area (TPSA) is 67.8 Å². The highest BCUT2D eigenvalue weighted by molar-refractivity contribution is 6.30. The van der Waals surface area contributed by atoms with Gasteiger partial charge in [-0.3, -0.25) is 0 Å². The van der Waals surface area contributed by atoms with Gasteiger partial charge in [0, 0.05) is 5.56 Å². The predicted octanol–water partition coefficient (Wildman–Crippen LogP) is 3.15. The first kappa shape index (κ1) is 14.1. The van der Waals surface area contributed by atoms with Gasteiger partial charge in [-0.2, -0.15) is 0 Å². The van der Waals surface area contributed by atoms with Crippen molar-refractivity contribution in [3.8, 4) is 5.75 Å². The van der Waals surface area contributed by atoms with E-state index in [9.17, 15) is 4.39 Å². The van der Waals surface area contributed by atoms with Gasteiger partial charge in [-0.25, -0.2) is 4.39 Å². The summed E-state index contributed by atoms with van der Waals surface area (Å²) in [4.78, 5) is 0. The lowest BCUT2D eigenvalue weighted by Crippen LogP contribution is -2.12. The summed E-state index contributed by atoms with van der Waals surface area (Å²) in [7, 11) is 0. The maximum atomic E-state index is 13.2. The van der Waals surface area contributed by atoms with Crippen LogP contribution in [0, 0.1) is 5.82 Å². The van der Waals surface area contributed by atoms with Crippen LogP contribution in [-0.4, -0.2) is 11.0 Å². The largest absolute Gasteiger partial charge is 0.489 e. The molecule has 2 aromatic carbocycles. The van der Waals surface area contributed by atoms with Gasteiger partial charge in [0.05, 0.1) is 5.02 Å². The zero-order chi connectivity index (χ0) is 14.5. The number of benzene rings is 2. The molecule has 3 N–H and O–H groups in total. The second-order valence-electron chi connectivity index (χ2n) is 4.05. The Labute approximate surface area is 120 Å². The van der Waals surface area contributed by atoms with Crippen molar-refractivity contribution in [2.75, 3.05) is 0 Å². The van der Waals surface area contributed by atoms with Crippen LogP contribution in [-0.2, 0) is 6.61 Å². The minimum absolute atomic E-state index is 0.0244. The number of oxime groups is 1. The molecule has 0 atom stereocenters. The number of ether oxygens (including phenoxy) is 1. The van der Waals surface area contributed by atoms with Gasteiger partial charge >= 0.3 is 0 Å². The predicted molar refractivity (Wildman–Crippen MR) is 74.7 cm³/mol. The first-order valence-electron chi connectivity index (χ1n) is 5.75. The molecule has 0 saturated heterocycles. The quantitative estimate of drug-likeness (QED) is 0.394. The van der Waals surface area contributed by atoms with E-state index in [1.54, 1.807) is 30.3 Å². The molecular weight excluding hydrogens is 283 g/mol. The number of hydrogen-bond acceptors (Lipinski definition) is 3. The van der Waals surface area contributed by atoms with E-state index >= 15 is 0 Å². The molecule has 20 heavy (non-hydrogen) atoms. The molecule has 4 nitrogen and oxygen atoms in total. The number of nitrogens with zero attached hydrogens (tertiary/aromatic N) is 1. The van der Waals surface area contributed by atoms with Crippen molar-refractivity contribution >= 4 is 17.4 Å². The van der Waals surface area contributed by atoms with E-state index in [4.69, 9.17) is 27.3 Å². The van der Waals surface area contributed by atoms with Crippen LogP contribution in [0.25, 0.3) is 0 Å². The Morgan fingerprint density at radius 1 is 1.25 bits per heavy atom. The van der Waals surface area contributed by atoms with Crippen molar-refractivity contribution in [2.45, 2.75) is 6.61 Å². The fraction of sp³-hybridized carbons (Fsp3) is 0.0714. The standard InChI is InChI=1S/C14H12ClFN2O2/c15-12-6-1-9(7-13(12)16)8-20-11-4-2-10(3-5-11)14(17)18-19/h1-7,19H,8H2,(H2,17,18). The molecule has 6 heteroatoms. The number of hydrogen-bond donors (Lipinski definition) is 2. The maximum Gasteiger partial charge on any atom is 0.170 e. The summed E-state index contributed by atoms with van der Waals surface area (Å²) < 4.78 is 18.7. The summed E-state index contributed by atoms with van der Waals surface area (Å²) in [5, 5.41) is 11.5. The van der Waals surface area contributed by atoms with E-state index in [0.717, 1.165) is 0 Å². The molecule has 2 aromatic rings. The Morgan fingerprint density at radius 2 is 1.95 bits per heavy atom. The van der Waals surface area contributed by atoms with Gasteiger partial charge in [-0.15, -0.1) is 0 Å². The molecule has 0 spiro atoms. The molecule has 0 aliphatic carbocycles. The monoisotopic (exact) mass is 294 g/mol. The summed E-state index contributed by atoms with van der Waals surface area (Å²) in [6.07, 6.45) is 0. The first-order valence-corrected chi connectivity index (χ1v) is 6.12. The lowest BCUT2D eigenvalue weighted by atomic mass is 10.2. The third-order valence-electron chi connectivity index (χ3n) is 2.65. The summed E-state index contributed by atoms with van der Waals surface area (Å²) in [5.74, 6) is 0.140. The zero-order valence-corrected chi connectivity index (χ0v) is 11.1. The summed E-state index contributed by atoms with van der Waals surface area (Å²) in [6, 6.07) is 11.2. The van der Waals surface area contributed by atoms with E-state index in [1.165, 1.54) is 12.1 Å². The second-order valence-corrected chi connectivity index (χ2v) is 4.45. The van der Waals surface area contributed by atoms with Crippen molar-refractivity contribution in [1.29, 1.82) is 0 Å². The Bertz CT molecular complexity index is 630. The normalized spacial score (nSPS) is 11.4. The average molecular weight is 295 g/mol. The molecule has 104 valence electrons. The molecule has 0 aliphatic heterocycles. The van der Waals surface area contributed by atoms with Crippen LogP contribution in [0.15, 0.2) is 47.6 Å². The van der Waals surface area contributed by atoms with Crippen LogP contribution in [0.5, 0.6) is 5.75 Å². The molecule has 0 aromatic heterocycles. The number of amidine groups is 1. The molecule has 0 bridgehead atoms. The van der Waals surface area contributed by atoms with Crippen LogP contribution in [0.1, 0.15) is 11.1 Å². The molecule has 0 fully saturated rings. The van der Waals surface area contributed by atoms with E-state index in [2.05, 4.69) is 5.16 Å². The SMILES string of the molecule is N/C(=N/O)c1ccc(OCc2ccc(Cl)c(F)c2)cc1. The minimum atomic E-state index is -0.477. The van der Waals surface area contributed by atoms with E-state index in [-0.39, 0.29) is 17.5 Å². The molecule has 0 amide bonds. The highest BCUT2D eigenvalue weighted by atomic mass is 35.5. The minimum Gasteiger partial charge on any atom is -0.489 e. The van der Waals surface area contributed by atoms with Crippen LogP contribution in [0.3, 0.4) is 0 Å². The lowest BCUT2D eigenvalue weighted by Gasteiger charge is -2.07. The average Bonchev–Trinajstić information content (AvgIpc) is 2.48. The molecular formula is C14H12ClFN2O2. The fourth-order valence-electron chi connectivity index (χ4n) is 1.58. The summed E-state index contributed by atoms with van der Waals surface area (Å²) >= 11 is 5.60. The zero-order valence-electron chi connectivity index (χ0n) is 10.4. The van der Waals surface area contributed by atoms with Crippen LogP contribution < -0.4 is 10.5 Å². The van der Waals surface area contributed by atoms with Crippen molar-refractivity contribution in [2.24, 2.45) is 10.9 Å². The van der Waals surface area contributed by atoms with Crippen LogP contribution >= 0.6 is 11.6 Å². The van der Waals surface area contributed by atoms with Gasteiger partial charge in [0.2, 0.25) is 0 Å². The Morgan fingerprint density at radius 3 is 2.55 bits per heavy atom. The second kappa shape index (κ2) is 6.25. The number of nitrogens with two attached hydrogens (primary N) is 1. The first-order chi connectivity index (χ1) is 9.60. The Balaban J connectivity index is 2.02. The molecule has 0 unspecified atom stereocenters. The highest BCUT2D eigenvalue weighted by Crippen LogP contribution is 2.18. The Kier molecular flexibility index (Phi) is 4.42. The van der Waals surface area contributed by atoms with Gasteiger partial charge in [0.15, 0.2) is 5.84 Å². The molecule has 0 aliphatic rings. The smallest absolute Gasteiger partial charge is 0.170 e. The molecule has 0 heterocycles. The van der Waals surface area contributed by atoms with Gasteiger partial charge in [0.1, 0.15) is 18.2 Å². The van der Waals surface area contributed by atoms with Crippen molar-refractivity contribution < 1.29 is 14.3 Å². The number of halogens is 2. The molecule has 2 rings (SSSR count). The van der Waals surface area contributed by atoms with E-state index < -0.39 is 5.82 Å². The van der Waals surface area contributed by atoms with E-state index in [1.807, 2.05) is 0 Å². The van der Waals surface area contributed by atoms with Gasteiger partial charge in [0.25, 0.3) is 0 Å². The summed E-state index contributed by atoms with van der Waals surface area (Å²) in [6.45, 7) is 0.219. The number of rotatable bonds is 4. The molecule has 0 radical (unpaired) electrons. The van der Waals surface area contributed by atoms with Gasteiger partial charge < -0.3 is 15.7 Å². The van der Waals surface area contributed by atoms with Crippen LogP contribution in [0.4, 0.5) is 4.39 Å². The Hall–Kier alpha value is -2.27. The summed E-state index contributed by atoms with van der Waals surface area (Å²) in [5.41, 5.74) is 6.70. The van der Waals surface area contributed by atoms with Crippen molar-refractivity contribution in [1.82, 2.24) is 0 Å². The van der Waals surface area contributed by atoms with Gasteiger partial charge in [-0.05, 0) is 42.0 Å². The lowest BCUT2D eigenvalue weighted by molar-refractivity contribution is 0.305. The van der Waals surface area contributed by atoms with Crippen molar-refractivity contribution in [3.05, 3.63) is 64.4 Å². The molecule has 0 saturated carbocycles. The van der Waals surface area contributed by atoms with Crippen LogP contribution in [0.2, 0.25) is 5.02 Å².